The predicted molar refractivity (Wildman–Crippen MR) is 75.6 cm³/mol. The molecule has 4 heterocycles. The number of fused-ring (bicyclic) bond motifs is 3. The number of carbonyl (C=O) groups is 1. The molecule has 0 aliphatic carbocycles. The van der Waals surface area contributed by atoms with Gasteiger partial charge in [-0.25, -0.2) is 4.98 Å². The second-order valence-electron chi connectivity index (χ2n) is 5.96. The van der Waals surface area contributed by atoms with Crippen molar-refractivity contribution in [2.45, 2.75) is 18.9 Å². The first-order chi connectivity index (χ1) is 9.78. The van der Waals surface area contributed by atoms with E-state index in [1.807, 2.05) is 22.7 Å². The number of piperidine rings is 1. The lowest BCUT2D eigenvalue weighted by Gasteiger charge is -2.30. The molecule has 5 nitrogen and oxygen atoms in total. The molecule has 0 aromatic carbocycles. The Kier molecular flexibility index (Phi) is 2.73. The molecule has 1 N–H and O–H groups in total. The number of hydrogen-bond acceptors (Lipinski definition) is 3. The third kappa shape index (κ3) is 2.08. The van der Waals surface area contributed by atoms with Gasteiger partial charge >= 0.3 is 0 Å². The Morgan fingerprint density at radius 1 is 1.40 bits per heavy atom. The summed E-state index contributed by atoms with van der Waals surface area (Å²) in [5.41, 5.74) is 1.66. The number of nitrogens with zero attached hydrogens (tertiary/aromatic N) is 3. The van der Waals surface area contributed by atoms with Crippen molar-refractivity contribution in [1.82, 2.24) is 19.6 Å². The predicted octanol–water partition coefficient (Wildman–Crippen LogP) is 1.16. The summed E-state index contributed by atoms with van der Waals surface area (Å²) >= 11 is 0. The Morgan fingerprint density at radius 2 is 2.35 bits per heavy atom. The second kappa shape index (κ2) is 4.59. The summed E-state index contributed by atoms with van der Waals surface area (Å²) in [6, 6.07) is 4.03. The molecule has 2 aromatic rings. The van der Waals surface area contributed by atoms with Crippen LogP contribution in [0.4, 0.5) is 0 Å². The van der Waals surface area contributed by atoms with E-state index in [1.54, 1.807) is 12.5 Å². The number of carbonyl (C=O) groups excluding carboxylic acids is 1. The highest BCUT2D eigenvalue weighted by molar-refractivity contribution is 5.95. The SMILES string of the molecule is O=C(NC1CC2CCN(C2)C1)c1ccn2cncc2c1. The molecule has 1 amide bonds. The number of rotatable bonds is 2. The van der Waals surface area contributed by atoms with Crippen molar-refractivity contribution in [1.29, 1.82) is 0 Å². The quantitative estimate of drug-likeness (QED) is 0.891. The van der Waals surface area contributed by atoms with Gasteiger partial charge in [0.15, 0.2) is 0 Å². The summed E-state index contributed by atoms with van der Waals surface area (Å²) in [5.74, 6) is 0.799. The molecule has 3 unspecified atom stereocenters. The molecule has 0 spiro atoms. The first kappa shape index (κ1) is 11.9. The zero-order chi connectivity index (χ0) is 13.5. The highest BCUT2D eigenvalue weighted by Gasteiger charge is 2.32. The molecule has 2 aliphatic rings. The van der Waals surface area contributed by atoms with E-state index < -0.39 is 0 Å². The highest BCUT2D eigenvalue weighted by atomic mass is 16.1. The Hall–Kier alpha value is -1.88. The molecule has 2 aliphatic heterocycles. The van der Waals surface area contributed by atoms with Crippen LogP contribution >= 0.6 is 0 Å². The molecular weight excluding hydrogens is 252 g/mol. The van der Waals surface area contributed by atoms with E-state index in [9.17, 15) is 4.79 Å². The van der Waals surface area contributed by atoms with Crippen LogP contribution in [0.2, 0.25) is 0 Å². The molecule has 3 atom stereocenters. The number of aromatic nitrogens is 2. The summed E-state index contributed by atoms with van der Waals surface area (Å²) in [5, 5.41) is 3.18. The lowest BCUT2D eigenvalue weighted by molar-refractivity contribution is 0.0909. The zero-order valence-electron chi connectivity index (χ0n) is 11.3. The topological polar surface area (TPSA) is 49.6 Å². The van der Waals surface area contributed by atoms with Crippen LogP contribution in [0.3, 0.4) is 0 Å². The van der Waals surface area contributed by atoms with Crippen LogP contribution in [0.25, 0.3) is 5.52 Å². The molecule has 2 bridgehead atoms. The standard InChI is InChI=1S/C15H18N4O/c20-15(12-2-4-19-10-16-7-14(19)6-12)17-13-5-11-1-3-18(8-11)9-13/h2,4,6-7,10-11,13H,1,3,5,8-9H2,(H,17,20). The van der Waals surface area contributed by atoms with E-state index in [0.29, 0.717) is 11.6 Å². The fourth-order valence-corrected chi connectivity index (χ4v) is 3.49. The fourth-order valence-electron chi connectivity index (χ4n) is 3.49. The van der Waals surface area contributed by atoms with Crippen LogP contribution in [-0.4, -0.2) is 45.9 Å². The molecule has 0 saturated carbocycles. The van der Waals surface area contributed by atoms with E-state index in [2.05, 4.69) is 15.2 Å². The summed E-state index contributed by atoms with van der Waals surface area (Å²) in [7, 11) is 0. The minimum atomic E-state index is 0.0289. The molecule has 5 heteroatoms. The van der Waals surface area contributed by atoms with Crippen molar-refractivity contribution in [3.8, 4) is 0 Å². The minimum absolute atomic E-state index is 0.0289. The van der Waals surface area contributed by atoms with Gasteiger partial charge in [0.25, 0.3) is 5.91 Å². The van der Waals surface area contributed by atoms with Crippen LogP contribution in [0.1, 0.15) is 23.2 Å². The van der Waals surface area contributed by atoms with E-state index in [1.165, 1.54) is 19.5 Å². The molecule has 2 aromatic heterocycles. The third-order valence-electron chi connectivity index (χ3n) is 4.48. The van der Waals surface area contributed by atoms with Gasteiger partial charge in [0, 0.05) is 30.9 Å². The third-order valence-corrected chi connectivity index (χ3v) is 4.48. The summed E-state index contributed by atoms with van der Waals surface area (Å²) in [6.45, 7) is 3.41. The Balaban J connectivity index is 1.49. The zero-order valence-corrected chi connectivity index (χ0v) is 11.3. The van der Waals surface area contributed by atoms with E-state index in [-0.39, 0.29) is 5.91 Å². The maximum Gasteiger partial charge on any atom is 0.251 e. The lowest BCUT2D eigenvalue weighted by Crippen LogP contribution is -2.47. The monoisotopic (exact) mass is 270 g/mol. The number of amides is 1. The number of imidazole rings is 1. The number of nitrogens with one attached hydrogen (secondary N) is 1. The van der Waals surface area contributed by atoms with Crippen LogP contribution in [-0.2, 0) is 0 Å². The second-order valence-corrected chi connectivity index (χ2v) is 5.96. The van der Waals surface area contributed by atoms with Crippen LogP contribution in [0, 0.1) is 5.92 Å². The van der Waals surface area contributed by atoms with E-state index >= 15 is 0 Å². The van der Waals surface area contributed by atoms with Gasteiger partial charge in [0.2, 0.25) is 0 Å². The fraction of sp³-hybridized carbons (Fsp3) is 0.467. The van der Waals surface area contributed by atoms with Gasteiger partial charge in [-0.05, 0) is 37.4 Å². The largest absolute Gasteiger partial charge is 0.348 e. The van der Waals surface area contributed by atoms with Crippen molar-refractivity contribution >= 4 is 11.4 Å². The molecule has 0 radical (unpaired) electrons. The minimum Gasteiger partial charge on any atom is -0.348 e. The number of pyridine rings is 1. The van der Waals surface area contributed by atoms with E-state index in [0.717, 1.165) is 24.4 Å². The molecule has 104 valence electrons. The van der Waals surface area contributed by atoms with Gasteiger partial charge in [-0.2, -0.15) is 0 Å². The highest BCUT2D eigenvalue weighted by Crippen LogP contribution is 2.26. The van der Waals surface area contributed by atoms with Crippen LogP contribution < -0.4 is 5.32 Å². The smallest absolute Gasteiger partial charge is 0.251 e. The molecule has 20 heavy (non-hydrogen) atoms. The van der Waals surface area contributed by atoms with E-state index in [4.69, 9.17) is 0 Å². The Morgan fingerprint density at radius 3 is 3.25 bits per heavy atom. The van der Waals surface area contributed by atoms with Crippen molar-refractivity contribution in [2.24, 2.45) is 5.92 Å². The Bertz CT molecular complexity index is 638. The molecule has 2 fully saturated rings. The van der Waals surface area contributed by atoms with Crippen molar-refractivity contribution in [2.75, 3.05) is 19.6 Å². The van der Waals surface area contributed by atoms with Gasteiger partial charge in [-0.15, -0.1) is 0 Å². The summed E-state index contributed by atoms with van der Waals surface area (Å²) in [6.07, 6.45) is 7.79. The first-order valence-corrected chi connectivity index (χ1v) is 7.23. The molecular formula is C15H18N4O. The van der Waals surface area contributed by atoms with Crippen LogP contribution in [0.5, 0.6) is 0 Å². The van der Waals surface area contributed by atoms with Gasteiger partial charge in [0.05, 0.1) is 18.0 Å². The maximum absolute atomic E-state index is 12.4. The molecule has 4 rings (SSSR count). The maximum atomic E-state index is 12.4. The summed E-state index contributed by atoms with van der Waals surface area (Å²) < 4.78 is 1.91. The van der Waals surface area contributed by atoms with Crippen molar-refractivity contribution in [3.05, 3.63) is 36.4 Å². The average Bonchev–Trinajstić information content (AvgIpc) is 3.04. The van der Waals surface area contributed by atoms with Gasteiger partial charge in [-0.1, -0.05) is 0 Å². The lowest BCUT2D eigenvalue weighted by atomic mass is 9.96. The summed E-state index contributed by atoms with van der Waals surface area (Å²) in [4.78, 5) is 18.9. The van der Waals surface area contributed by atoms with Gasteiger partial charge < -0.3 is 14.6 Å². The van der Waals surface area contributed by atoms with Crippen molar-refractivity contribution in [3.63, 3.8) is 0 Å². The average molecular weight is 270 g/mol. The van der Waals surface area contributed by atoms with Gasteiger partial charge in [0.1, 0.15) is 0 Å². The first-order valence-electron chi connectivity index (χ1n) is 7.23. The number of hydrogen-bond donors (Lipinski definition) is 1. The normalized spacial score (nSPS) is 28.7. The van der Waals surface area contributed by atoms with Gasteiger partial charge in [-0.3, -0.25) is 4.79 Å². The van der Waals surface area contributed by atoms with Crippen LogP contribution in [0.15, 0.2) is 30.9 Å². The molecule has 2 saturated heterocycles. The van der Waals surface area contributed by atoms with Crippen molar-refractivity contribution < 1.29 is 4.79 Å². The Labute approximate surface area is 117 Å².